The van der Waals surface area contributed by atoms with Crippen LogP contribution in [0.5, 0.6) is 0 Å². The van der Waals surface area contributed by atoms with Crippen LogP contribution in [0.4, 0.5) is 0 Å². The molecule has 8 heteroatoms. The van der Waals surface area contributed by atoms with E-state index in [-0.39, 0.29) is 11.7 Å². The predicted octanol–water partition coefficient (Wildman–Crippen LogP) is 3.78. The summed E-state index contributed by atoms with van der Waals surface area (Å²) in [5.74, 6) is -0.0132. The first-order valence-electron chi connectivity index (χ1n) is 8.21. The van der Waals surface area contributed by atoms with Crippen LogP contribution < -0.4 is 5.43 Å². The van der Waals surface area contributed by atoms with Gasteiger partial charge in [0.2, 0.25) is 0 Å². The summed E-state index contributed by atoms with van der Waals surface area (Å²) in [6.45, 7) is 4.03. The topological polar surface area (TPSA) is 72.2 Å². The highest BCUT2D eigenvalue weighted by Gasteiger charge is 2.09. The van der Waals surface area contributed by atoms with Crippen molar-refractivity contribution in [2.24, 2.45) is 5.10 Å². The Morgan fingerprint density at radius 1 is 1.26 bits per heavy atom. The normalized spacial score (nSPS) is 11.1. The zero-order valence-electron chi connectivity index (χ0n) is 14.9. The minimum Gasteiger partial charge on any atom is -0.318 e. The van der Waals surface area contributed by atoms with Crippen LogP contribution in [0.3, 0.4) is 0 Å². The molecule has 0 atom stereocenters. The highest BCUT2D eigenvalue weighted by molar-refractivity contribution is 7.99. The molecule has 0 saturated heterocycles. The van der Waals surface area contributed by atoms with Crippen LogP contribution in [-0.2, 0) is 4.79 Å². The number of halogens is 1. The SMILES string of the molecule is Cc1cc(/C=N\NC(=O)CSc2ncccn2)c(C)n1-c1ccc(Cl)cc1. The van der Waals surface area contributed by atoms with Gasteiger partial charge >= 0.3 is 0 Å². The standard InChI is InChI=1S/C19H18ClN5OS/c1-13-10-15(14(2)25(13)17-6-4-16(20)5-7-17)11-23-24-18(26)12-27-19-21-8-3-9-22-19/h3-11H,12H2,1-2H3,(H,24,26)/b23-11-. The Morgan fingerprint density at radius 3 is 2.67 bits per heavy atom. The van der Waals surface area contributed by atoms with Crippen LogP contribution in [0.2, 0.25) is 5.02 Å². The van der Waals surface area contributed by atoms with Crippen molar-refractivity contribution >= 4 is 35.5 Å². The van der Waals surface area contributed by atoms with Gasteiger partial charge in [-0.1, -0.05) is 23.4 Å². The highest BCUT2D eigenvalue weighted by atomic mass is 35.5. The first kappa shape index (κ1) is 19.1. The number of amides is 1. The van der Waals surface area contributed by atoms with Crippen molar-refractivity contribution in [1.29, 1.82) is 0 Å². The molecule has 0 saturated carbocycles. The summed E-state index contributed by atoms with van der Waals surface area (Å²) < 4.78 is 2.11. The molecule has 0 unspecified atom stereocenters. The first-order chi connectivity index (χ1) is 13.0. The van der Waals surface area contributed by atoms with E-state index in [9.17, 15) is 4.79 Å². The number of thioether (sulfide) groups is 1. The van der Waals surface area contributed by atoms with E-state index >= 15 is 0 Å². The largest absolute Gasteiger partial charge is 0.318 e. The summed E-state index contributed by atoms with van der Waals surface area (Å²) >= 11 is 7.23. The molecule has 6 nitrogen and oxygen atoms in total. The molecule has 1 N–H and O–H groups in total. The van der Waals surface area contributed by atoms with Gasteiger partial charge in [-0.3, -0.25) is 4.79 Å². The molecule has 0 bridgehead atoms. The van der Waals surface area contributed by atoms with E-state index in [1.807, 2.05) is 44.2 Å². The van der Waals surface area contributed by atoms with Crippen molar-refractivity contribution < 1.29 is 4.79 Å². The van der Waals surface area contributed by atoms with Crippen LogP contribution >= 0.6 is 23.4 Å². The molecule has 0 aliphatic carbocycles. The van der Waals surface area contributed by atoms with Gasteiger partial charge in [-0.25, -0.2) is 15.4 Å². The maximum atomic E-state index is 11.9. The number of hydrogen-bond acceptors (Lipinski definition) is 5. The van der Waals surface area contributed by atoms with Gasteiger partial charge in [-0.05, 0) is 50.2 Å². The average Bonchev–Trinajstić information content (AvgIpc) is 2.95. The predicted molar refractivity (Wildman–Crippen MR) is 109 cm³/mol. The second kappa shape index (κ2) is 8.83. The molecule has 1 aromatic carbocycles. The summed E-state index contributed by atoms with van der Waals surface area (Å²) in [6.07, 6.45) is 4.93. The van der Waals surface area contributed by atoms with Gasteiger partial charge in [-0.15, -0.1) is 0 Å². The third-order valence-corrected chi connectivity index (χ3v) is 4.95. The number of carbonyl (C=O) groups excluding carboxylic acids is 1. The number of rotatable bonds is 6. The highest BCUT2D eigenvalue weighted by Crippen LogP contribution is 2.21. The molecular formula is C19H18ClN5OS. The van der Waals surface area contributed by atoms with E-state index < -0.39 is 0 Å². The smallest absolute Gasteiger partial charge is 0.250 e. The zero-order valence-corrected chi connectivity index (χ0v) is 16.5. The number of benzene rings is 1. The Hall–Kier alpha value is -2.64. The summed E-state index contributed by atoms with van der Waals surface area (Å²) in [5, 5.41) is 5.32. The lowest BCUT2D eigenvalue weighted by Gasteiger charge is -2.09. The van der Waals surface area contributed by atoms with E-state index in [1.54, 1.807) is 24.7 Å². The van der Waals surface area contributed by atoms with Gasteiger partial charge in [0.15, 0.2) is 5.16 Å². The molecule has 2 aromatic heterocycles. The summed E-state index contributed by atoms with van der Waals surface area (Å²) in [4.78, 5) is 20.0. The monoisotopic (exact) mass is 399 g/mol. The lowest BCUT2D eigenvalue weighted by molar-refractivity contribution is -0.118. The third kappa shape index (κ3) is 4.96. The van der Waals surface area contributed by atoms with Crippen molar-refractivity contribution in [2.75, 3.05) is 5.75 Å². The fourth-order valence-corrected chi connectivity index (χ4v) is 3.32. The zero-order chi connectivity index (χ0) is 19.2. The van der Waals surface area contributed by atoms with Crippen molar-refractivity contribution in [3.8, 4) is 5.69 Å². The van der Waals surface area contributed by atoms with E-state index in [4.69, 9.17) is 11.6 Å². The van der Waals surface area contributed by atoms with Crippen molar-refractivity contribution in [3.05, 3.63) is 70.8 Å². The molecule has 3 rings (SSSR count). The minimum atomic E-state index is -0.213. The first-order valence-corrected chi connectivity index (χ1v) is 9.57. The molecule has 0 radical (unpaired) electrons. The summed E-state index contributed by atoms with van der Waals surface area (Å²) in [5.41, 5.74) is 6.59. The second-order valence-electron chi connectivity index (χ2n) is 5.75. The van der Waals surface area contributed by atoms with Crippen LogP contribution in [0, 0.1) is 13.8 Å². The quantitative estimate of drug-likeness (QED) is 0.296. The van der Waals surface area contributed by atoms with E-state index in [1.165, 1.54) is 11.8 Å². The van der Waals surface area contributed by atoms with Crippen LogP contribution in [0.25, 0.3) is 5.69 Å². The van der Waals surface area contributed by atoms with E-state index in [2.05, 4.69) is 25.1 Å². The van der Waals surface area contributed by atoms with E-state index in [0.717, 1.165) is 22.6 Å². The van der Waals surface area contributed by atoms with Gasteiger partial charge in [0, 0.05) is 40.1 Å². The number of aromatic nitrogens is 3. The number of hydrazone groups is 1. The Morgan fingerprint density at radius 2 is 1.96 bits per heavy atom. The minimum absolute atomic E-state index is 0.200. The average molecular weight is 400 g/mol. The Balaban J connectivity index is 1.63. The summed E-state index contributed by atoms with van der Waals surface area (Å²) in [7, 11) is 0. The number of nitrogens with one attached hydrogen (secondary N) is 1. The molecular weight excluding hydrogens is 382 g/mol. The van der Waals surface area contributed by atoms with Crippen LogP contribution in [-0.4, -0.2) is 32.4 Å². The molecule has 0 aliphatic heterocycles. The molecule has 1 amide bonds. The van der Waals surface area contributed by atoms with Gasteiger partial charge < -0.3 is 4.57 Å². The molecule has 3 aromatic rings. The Kier molecular flexibility index (Phi) is 6.26. The fourth-order valence-electron chi connectivity index (χ4n) is 2.60. The molecule has 2 heterocycles. The molecule has 27 heavy (non-hydrogen) atoms. The molecule has 0 fully saturated rings. The molecule has 138 valence electrons. The lowest BCUT2D eigenvalue weighted by Crippen LogP contribution is -2.19. The van der Waals surface area contributed by atoms with Crippen molar-refractivity contribution in [3.63, 3.8) is 0 Å². The van der Waals surface area contributed by atoms with Gasteiger partial charge in [0.1, 0.15) is 0 Å². The van der Waals surface area contributed by atoms with Crippen molar-refractivity contribution in [1.82, 2.24) is 20.0 Å². The number of carbonyl (C=O) groups is 1. The van der Waals surface area contributed by atoms with Crippen LogP contribution in [0.15, 0.2) is 59.0 Å². The number of nitrogens with zero attached hydrogens (tertiary/aromatic N) is 4. The van der Waals surface area contributed by atoms with Gasteiger partial charge in [0.25, 0.3) is 5.91 Å². The number of aryl methyl sites for hydroxylation is 1. The van der Waals surface area contributed by atoms with Gasteiger partial charge in [-0.2, -0.15) is 5.10 Å². The van der Waals surface area contributed by atoms with Gasteiger partial charge in [0.05, 0.1) is 12.0 Å². The fraction of sp³-hybridized carbons (Fsp3) is 0.158. The van der Waals surface area contributed by atoms with Crippen LogP contribution in [0.1, 0.15) is 17.0 Å². The van der Waals surface area contributed by atoms with Crippen molar-refractivity contribution in [2.45, 2.75) is 19.0 Å². The number of hydrogen-bond donors (Lipinski definition) is 1. The van der Waals surface area contributed by atoms with E-state index in [0.29, 0.717) is 10.2 Å². The third-order valence-electron chi connectivity index (χ3n) is 3.82. The molecule has 0 aliphatic rings. The molecule has 0 spiro atoms. The second-order valence-corrected chi connectivity index (χ2v) is 7.13. The maximum absolute atomic E-state index is 11.9. The Labute approximate surface area is 166 Å². The Bertz CT molecular complexity index is 954. The maximum Gasteiger partial charge on any atom is 0.250 e. The lowest BCUT2D eigenvalue weighted by atomic mass is 10.2. The summed E-state index contributed by atoms with van der Waals surface area (Å²) in [6, 6.07) is 11.4.